The van der Waals surface area contributed by atoms with E-state index in [9.17, 15) is 0 Å². The van der Waals surface area contributed by atoms with Crippen LogP contribution in [0, 0.1) is 0 Å². The summed E-state index contributed by atoms with van der Waals surface area (Å²) in [5.74, 6) is 1.01. The number of benzene rings is 1. The maximum absolute atomic E-state index is 4.78. The van der Waals surface area contributed by atoms with Crippen molar-refractivity contribution >= 4 is 22.4 Å². The molecule has 178 valence electrons. The number of nitrogens with zero attached hydrogens (tertiary/aromatic N) is 6. The highest BCUT2D eigenvalue weighted by atomic mass is 15.3. The lowest BCUT2D eigenvalue weighted by Gasteiger charge is -2.40. The van der Waals surface area contributed by atoms with Crippen molar-refractivity contribution in [2.24, 2.45) is 0 Å². The van der Waals surface area contributed by atoms with Gasteiger partial charge in [0.1, 0.15) is 5.82 Å². The number of piperazine rings is 1. The standard InChI is InChI=1S/C26H25N7.C2H6/c1-17-11-27-12-18(2)33(17)25-9-8-19(13-29-25)20-14-30-26-23(15-31-32(26)16-20)21-5-3-7-24-22(21)6-4-10-28-24;1-2/h3-10,13-18,27H,11-12H2,1-2H3;1-2H3. The first-order chi connectivity index (χ1) is 17.2. The van der Waals surface area contributed by atoms with Crippen LogP contribution in [0.2, 0.25) is 0 Å². The Hall–Kier alpha value is -3.84. The summed E-state index contributed by atoms with van der Waals surface area (Å²) in [6.07, 6.45) is 9.54. The molecule has 1 aromatic carbocycles. The molecule has 0 amide bonds. The number of hydrogen-bond acceptors (Lipinski definition) is 6. The molecule has 2 atom stereocenters. The van der Waals surface area contributed by atoms with Gasteiger partial charge in [0.2, 0.25) is 0 Å². The summed E-state index contributed by atoms with van der Waals surface area (Å²) in [5.41, 5.74) is 5.87. The topological polar surface area (TPSA) is 71.2 Å². The SMILES string of the molecule is CC.CC1CNCC(C)N1c1ccc(-c2cnc3c(-c4cccc5ncccc45)cnn3c2)cn1. The fraction of sp³-hybridized carbons (Fsp3) is 0.286. The van der Waals surface area contributed by atoms with Gasteiger partial charge in [0.25, 0.3) is 0 Å². The molecule has 35 heavy (non-hydrogen) atoms. The molecule has 1 fully saturated rings. The first-order valence-electron chi connectivity index (χ1n) is 12.3. The van der Waals surface area contributed by atoms with Crippen LogP contribution >= 0.6 is 0 Å². The number of nitrogens with one attached hydrogen (secondary N) is 1. The molecule has 7 nitrogen and oxygen atoms in total. The van der Waals surface area contributed by atoms with Gasteiger partial charge in [-0.05, 0) is 43.7 Å². The molecular weight excluding hydrogens is 434 g/mol. The van der Waals surface area contributed by atoms with Crippen LogP contribution in [0.15, 0.2) is 73.4 Å². The molecule has 0 saturated carbocycles. The first-order valence-corrected chi connectivity index (χ1v) is 12.3. The highest BCUT2D eigenvalue weighted by Gasteiger charge is 2.25. The van der Waals surface area contributed by atoms with Crippen LogP contribution < -0.4 is 10.2 Å². The summed E-state index contributed by atoms with van der Waals surface area (Å²) in [5, 5.41) is 9.16. The Labute approximate surface area is 205 Å². The lowest BCUT2D eigenvalue weighted by atomic mass is 10.0. The average Bonchev–Trinajstić information content (AvgIpc) is 3.33. The van der Waals surface area contributed by atoms with Gasteiger partial charge in [-0.15, -0.1) is 0 Å². The fourth-order valence-corrected chi connectivity index (χ4v) is 4.85. The number of pyridine rings is 2. The van der Waals surface area contributed by atoms with Crippen LogP contribution in [0.25, 0.3) is 38.8 Å². The number of fused-ring (bicyclic) bond motifs is 2. The lowest BCUT2D eigenvalue weighted by molar-refractivity contribution is 0.429. The molecule has 1 N–H and O–H groups in total. The fourth-order valence-electron chi connectivity index (χ4n) is 4.85. The summed E-state index contributed by atoms with van der Waals surface area (Å²) in [7, 11) is 0. The smallest absolute Gasteiger partial charge is 0.162 e. The van der Waals surface area contributed by atoms with Crippen molar-refractivity contribution in [2.45, 2.75) is 39.8 Å². The van der Waals surface area contributed by atoms with E-state index in [0.717, 1.165) is 57.7 Å². The van der Waals surface area contributed by atoms with E-state index in [1.165, 1.54) is 0 Å². The second-order valence-corrected chi connectivity index (χ2v) is 8.71. The van der Waals surface area contributed by atoms with Gasteiger partial charge in [0, 0.05) is 72.0 Å². The molecule has 1 saturated heterocycles. The maximum atomic E-state index is 4.78. The predicted octanol–water partition coefficient (Wildman–Crippen LogP) is 5.22. The minimum atomic E-state index is 0.414. The Morgan fingerprint density at radius 3 is 2.37 bits per heavy atom. The number of rotatable bonds is 3. The highest BCUT2D eigenvalue weighted by molar-refractivity contribution is 5.97. The molecule has 0 bridgehead atoms. The van der Waals surface area contributed by atoms with Gasteiger partial charge < -0.3 is 10.2 Å². The summed E-state index contributed by atoms with van der Waals surface area (Å²) in [4.78, 5) is 16.4. The highest BCUT2D eigenvalue weighted by Crippen LogP contribution is 2.31. The van der Waals surface area contributed by atoms with Crippen LogP contribution in [0.1, 0.15) is 27.7 Å². The zero-order valence-corrected chi connectivity index (χ0v) is 20.7. The molecule has 7 heteroatoms. The van der Waals surface area contributed by atoms with Gasteiger partial charge in [-0.1, -0.05) is 32.0 Å². The van der Waals surface area contributed by atoms with Gasteiger partial charge in [0.05, 0.1) is 11.7 Å². The van der Waals surface area contributed by atoms with E-state index in [0.29, 0.717) is 12.1 Å². The van der Waals surface area contributed by atoms with Crippen LogP contribution in [0.5, 0.6) is 0 Å². The third-order valence-electron chi connectivity index (χ3n) is 6.47. The molecule has 0 aliphatic carbocycles. The number of aromatic nitrogens is 5. The molecule has 1 aliphatic heterocycles. The summed E-state index contributed by atoms with van der Waals surface area (Å²) in [6.45, 7) is 10.4. The van der Waals surface area contributed by atoms with Gasteiger partial charge in [-0.25, -0.2) is 14.5 Å². The molecule has 5 aromatic rings. The van der Waals surface area contributed by atoms with Crippen molar-refractivity contribution in [3.63, 3.8) is 0 Å². The lowest BCUT2D eigenvalue weighted by Crippen LogP contribution is -2.55. The molecule has 0 radical (unpaired) electrons. The van der Waals surface area contributed by atoms with E-state index in [1.807, 2.05) is 67.5 Å². The van der Waals surface area contributed by atoms with Crippen molar-refractivity contribution in [1.29, 1.82) is 0 Å². The summed E-state index contributed by atoms with van der Waals surface area (Å²) < 4.78 is 1.84. The van der Waals surface area contributed by atoms with E-state index in [4.69, 9.17) is 9.97 Å². The molecule has 4 aromatic heterocycles. The predicted molar refractivity (Wildman–Crippen MR) is 143 cm³/mol. The van der Waals surface area contributed by atoms with Crippen molar-refractivity contribution in [3.05, 3.63) is 73.4 Å². The van der Waals surface area contributed by atoms with Crippen LogP contribution in [0.3, 0.4) is 0 Å². The Morgan fingerprint density at radius 2 is 1.60 bits per heavy atom. The van der Waals surface area contributed by atoms with E-state index in [2.05, 4.69) is 58.4 Å². The zero-order chi connectivity index (χ0) is 24.4. The molecule has 5 heterocycles. The Bertz CT molecular complexity index is 1430. The second kappa shape index (κ2) is 9.80. The summed E-state index contributed by atoms with van der Waals surface area (Å²) >= 11 is 0. The third kappa shape index (κ3) is 4.23. The Morgan fingerprint density at radius 1 is 0.800 bits per heavy atom. The van der Waals surface area contributed by atoms with E-state index >= 15 is 0 Å². The van der Waals surface area contributed by atoms with Crippen LogP contribution in [-0.2, 0) is 0 Å². The monoisotopic (exact) mass is 465 g/mol. The number of anilines is 1. The maximum Gasteiger partial charge on any atom is 0.162 e. The molecule has 0 spiro atoms. The van der Waals surface area contributed by atoms with Crippen molar-refractivity contribution < 1.29 is 0 Å². The second-order valence-electron chi connectivity index (χ2n) is 8.71. The molecule has 1 aliphatic rings. The Balaban J connectivity index is 0.00000124. The van der Waals surface area contributed by atoms with Crippen LogP contribution in [-0.4, -0.2) is 49.7 Å². The Kier molecular flexibility index (Phi) is 6.42. The molecule has 6 rings (SSSR count). The quantitative estimate of drug-likeness (QED) is 0.394. The van der Waals surface area contributed by atoms with E-state index < -0.39 is 0 Å². The zero-order valence-electron chi connectivity index (χ0n) is 20.7. The van der Waals surface area contributed by atoms with Gasteiger partial charge in [0.15, 0.2) is 5.65 Å². The van der Waals surface area contributed by atoms with Crippen molar-refractivity contribution in [3.8, 4) is 22.3 Å². The van der Waals surface area contributed by atoms with Gasteiger partial charge in [-0.3, -0.25) is 4.98 Å². The number of hydrogen-bond donors (Lipinski definition) is 1. The minimum absolute atomic E-state index is 0.414. The molecular formula is C28H31N7. The van der Waals surface area contributed by atoms with Gasteiger partial charge in [-0.2, -0.15) is 5.10 Å². The summed E-state index contributed by atoms with van der Waals surface area (Å²) in [6, 6.07) is 15.2. The normalized spacial score (nSPS) is 17.9. The van der Waals surface area contributed by atoms with Gasteiger partial charge >= 0.3 is 0 Å². The van der Waals surface area contributed by atoms with Crippen molar-refractivity contribution in [1.82, 2.24) is 29.9 Å². The van der Waals surface area contributed by atoms with Crippen molar-refractivity contribution in [2.75, 3.05) is 18.0 Å². The third-order valence-corrected chi connectivity index (χ3v) is 6.47. The van der Waals surface area contributed by atoms with Crippen LogP contribution in [0.4, 0.5) is 5.82 Å². The first kappa shape index (κ1) is 22.9. The van der Waals surface area contributed by atoms with E-state index in [1.54, 1.807) is 0 Å². The van der Waals surface area contributed by atoms with E-state index in [-0.39, 0.29) is 0 Å². The average molecular weight is 466 g/mol. The molecule has 2 unspecified atom stereocenters. The largest absolute Gasteiger partial charge is 0.349 e. The minimum Gasteiger partial charge on any atom is -0.349 e.